The third-order valence-corrected chi connectivity index (χ3v) is 1.49. The molecule has 0 aliphatic heterocycles. The fourth-order valence-corrected chi connectivity index (χ4v) is 0.870. The van der Waals surface area contributed by atoms with Crippen molar-refractivity contribution in [1.82, 2.24) is 4.90 Å². The van der Waals surface area contributed by atoms with Crippen molar-refractivity contribution in [2.75, 3.05) is 13.1 Å². The second-order valence-electron chi connectivity index (χ2n) is 3.14. The van der Waals surface area contributed by atoms with Gasteiger partial charge < -0.3 is 5.73 Å². The molecule has 0 aromatic carbocycles. The summed E-state index contributed by atoms with van der Waals surface area (Å²) in [4.78, 5) is 1.10. The van der Waals surface area contributed by atoms with E-state index < -0.39 is 12.7 Å². The minimum Gasteiger partial charge on any atom is -0.387 e. The molecule has 13 heavy (non-hydrogen) atoms. The molecular weight excluding hydrogens is 183 g/mol. The Morgan fingerprint density at radius 2 is 1.92 bits per heavy atom. The quantitative estimate of drug-likeness (QED) is 0.525. The van der Waals surface area contributed by atoms with E-state index in [-0.39, 0.29) is 18.4 Å². The molecule has 0 rings (SSSR count). The Morgan fingerprint density at radius 3 is 2.15 bits per heavy atom. The molecule has 0 atom stereocenters. The Morgan fingerprint density at radius 1 is 1.46 bits per heavy atom. The summed E-state index contributed by atoms with van der Waals surface area (Å²) in [5, 5.41) is 6.89. The van der Waals surface area contributed by atoms with Gasteiger partial charge in [0.1, 0.15) is 5.84 Å². The van der Waals surface area contributed by atoms with Gasteiger partial charge in [0.25, 0.3) is 0 Å². The van der Waals surface area contributed by atoms with E-state index in [0.717, 1.165) is 4.90 Å². The average Bonchev–Trinajstić information content (AvgIpc) is 1.81. The van der Waals surface area contributed by atoms with E-state index in [1.165, 1.54) is 0 Å². The zero-order valence-corrected chi connectivity index (χ0v) is 7.65. The van der Waals surface area contributed by atoms with Crippen LogP contribution in [0.4, 0.5) is 13.2 Å². The number of amidine groups is 1. The van der Waals surface area contributed by atoms with Crippen LogP contribution in [0.15, 0.2) is 0 Å². The molecule has 6 heteroatoms. The molecule has 3 N–H and O–H groups in total. The second kappa shape index (κ2) is 4.45. The van der Waals surface area contributed by atoms with Crippen molar-refractivity contribution in [1.29, 1.82) is 5.41 Å². The number of nitrogens with one attached hydrogen (secondary N) is 1. The first-order valence-corrected chi connectivity index (χ1v) is 3.86. The molecule has 0 aliphatic carbocycles. The van der Waals surface area contributed by atoms with E-state index in [0.29, 0.717) is 0 Å². The van der Waals surface area contributed by atoms with Gasteiger partial charge in [0.2, 0.25) is 0 Å². The van der Waals surface area contributed by atoms with Crippen molar-refractivity contribution < 1.29 is 13.2 Å². The average molecular weight is 197 g/mol. The first kappa shape index (κ1) is 12.2. The maximum Gasteiger partial charge on any atom is 0.401 e. The maximum atomic E-state index is 12.0. The van der Waals surface area contributed by atoms with E-state index in [1.54, 1.807) is 13.8 Å². The van der Waals surface area contributed by atoms with Gasteiger partial charge in [0, 0.05) is 6.04 Å². The highest BCUT2D eigenvalue weighted by Crippen LogP contribution is 2.17. The lowest BCUT2D eigenvalue weighted by Gasteiger charge is -2.26. The Labute approximate surface area is 75.2 Å². The Balaban J connectivity index is 4.19. The lowest BCUT2D eigenvalue weighted by Crippen LogP contribution is -2.43. The molecule has 0 saturated heterocycles. The molecule has 0 aliphatic rings. The van der Waals surface area contributed by atoms with Crippen LogP contribution >= 0.6 is 0 Å². The normalized spacial score (nSPS) is 12.5. The van der Waals surface area contributed by atoms with E-state index >= 15 is 0 Å². The van der Waals surface area contributed by atoms with Crippen molar-refractivity contribution >= 4 is 5.84 Å². The molecule has 0 radical (unpaired) electrons. The molecule has 0 heterocycles. The van der Waals surface area contributed by atoms with Crippen molar-refractivity contribution in [2.45, 2.75) is 26.1 Å². The van der Waals surface area contributed by atoms with Gasteiger partial charge in [0.05, 0.1) is 13.1 Å². The van der Waals surface area contributed by atoms with Crippen molar-refractivity contribution in [3.8, 4) is 0 Å². The van der Waals surface area contributed by atoms with Crippen molar-refractivity contribution in [3.05, 3.63) is 0 Å². The van der Waals surface area contributed by atoms with Crippen molar-refractivity contribution in [2.24, 2.45) is 5.73 Å². The molecular formula is C7H14F3N3. The van der Waals surface area contributed by atoms with E-state index in [9.17, 15) is 13.2 Å². The Hall–Kier alpha value is -0.780. The molecule has 0 unspecified atom stereocenters. The van der Waals surface area contributed by atoms with Gasteiger partial charge in [-0.1, -0.05) is 0 Å². The van der Waals surface area contributed by atoms with Crippen LogP contribution in [0.2, 0.25) is 0 Å². The van der Waals surface area contributed by atoms with Gasteiger partial charge in [-0.05, 0) is 13.8 Å². The third-order valence-electron chi connectivity index (χ3n) is 1.49. The summed E-state index contributed by atoms with van der Waals surface area (Å²) >= 11 is 0. The molecule has 3 nitrogen and oxygen atoms in total. The third kappa shape index (κ3) is 6.39. The summed E-state index contributed by atoms with van der Waals surface area (Å²) in [5.41, 5.74) is 5.02. The van der Waals surface area contributed by atoms with Gasteiger partial charge in [-0.15, -0.1) is 0 Å². The zero-order valence-electron chi connectivity index (χ0n) is 7.65. The van der Waals surface area contributed by atoms with Crippen LogP contribution in [0.25, 0.3) is 0 Å². The fraction of sp³-hybridized carbons (Fsp3) is 0.857. The van der Waals surface area contributed by atoms with Crippen molar-refractivity contribution in [3.63, 3.8) is 0 Å². The number of hydrogen-bond donors (Lipinski definition) is 2. The van der Waals surface area contributed by atoms with Crippen LogP contribution in [0.5, 0.6) is 0 Å². The summed E-state index contributed by atoms with van der Waals surface area (Å²) in [6.07, 6.45) is -4.24. The van der Waals surface area contributed by atoms with Crippen LogP contribution < -0.4 is 5.73 Å². The Bertz CT molecular complexity index is 176. The number of halogens is 3. The molecule has 0 bridgehead atoms. The molecule has 0 saturated carbocycles. The van der Waals surface area contributed by atoms with Gasteiger partial charge in [-0.25, -0.2) is 0 Å². The minimum absolute atomic E-state index is 0.142. The Kier molecular flexibility index (Phi) is 4.19. The summed E-state index contributed by atoms with van der Waals surface area (Å²) < 4.78 is 35.9. The van der Waals surface area contributed by atoms with E-state index in [2.05, 4.69) is 0 Å². The number of nitrogens with two attached hydrogens (primary N) is 1. The van der Waals surface area contributed by atoms with Crippen LogP contribution in [0.1, 0.15) is 13.8 Å². The number of rotatable bonds is 4. The SMILES string of the molecule is CC(C)N(CC(=N)N)CC(F)(F)F. The zero-order chi connectivity index (χ0) is 10.6. The summed E-state index contributed by atoms with van der Waals surface area (Å²) in [6.45, 7) is 2.10. The smallest absolute Gasteiger partial charge is 0.387 e. The molecule has 0 fully saturated rings. The van der Waals surface area contributed by atoms with E-state index in [4.69, 9.17) is 11.1 Å². The van der Waals surface area contributed by atoms with Gasteiger partial charge in [-0.3, -0.25) is 10.3 Å². The number of nitrogens with zero attached hydrogens (tertiary/aromatic N) is 1. The predicted molar refractivity (Wildman–Crippen MR) is 44.7 cm³/mol. The first-order chi connectivity index (χ1) is 5.72. The molecule has 0 aromatic heterocycles. The number of alkyl halides is 3. The minimum atomic E-state index is -4.24. The second-order valence-corrected chi connectivity index (χ2v) is 3.14. The maximum absolute atomic E-state index is 12.0. The summed E-state index contributed by atoms with van der Waals surface area (Å²) in [5.74, 6) is -0.252. The van der Waals surface area contributed by atoms with Crippen LogP contribution in [-0.2, 0) is 0 Å². The monoisotopic (exact) mass is 197 g/mol. The predicted octanol–water partition coefficient (Wildman–Crippen LogP) is 1.20. The lowest BCUT2D eigenvalue weighted by atomic mass is 10.3. The first-order valence-electron chi connectivity index (χ1n) is 3.86. The highest BCUT2D eigenvalue weighted by molar-refractivity contribution is 5.78. The largest absolute Gasteiger partial charge is 0.401 e. The number of hydrogen-bond acceptors (Lipinski definition) is 2. The molecule has 0 spiro atoms. The molecule has 0 aromatic rings. The molecule has 78 valence electrons. The highest BCUT2D eigenvalue weighted by Gasteiger charge is 2.31. The molecule has 0 amide bonds. The van der Waals surface area contributed by atoms with Gasteiger partial charge in [0.15, 0.2) is 0 Å². The lowest BCUT2D eigenvalue weighted by molar-refractivity contribution is -0.147. The topological polar surface area (TPSA) is 53.1 Å². The summed E-state index contributed by atoms with van der Waals surface area (Å²) in [6, 6.07) is -0.273. The standard InChI is InChI=1S/C7H14F3N3/c1-5(2)13(3-6(11)12)4-7(8,9)10/h5H,3-4H2,1-2H3,(H3,11,12). The van der Waals surface area contributed by atoms with Crippen LogP contribution in [-0.4, -0.2) is 36.0 Å². The highest BCUT2D eigenvalue weighted by atomic mass is 19.4. The fourth-order valence-electron chi connectivity index (χ4n) is 0.870. The van der Waals surface area contributed by atoms with Gasteiger partial charge >= 0.3 is 6.18 Å². The van der Waals surface area contributed by atoms with E-state index in [1.807, 2.05) is 0 Å². The van der Waals surface area contributed by atoms with Gasteiger partial charge in [-0.2, -0.15) is 13.2 Å². The summed E-state index contributed by atoms with van der Waals surface area (Å²) in [7, 11) is 0. The van der Waals surface area contributed by atoms with Crippen LogP contribution in [0, 0.1) is 5.41 Å². The van der Waals surface area contributed by atoms with Crippen LogP contribution in [0.3, 0.4) is 0 Å².